The lowest BCUT2D eigenvalue weighted by molar-refractivity contribution is -0.116. The molecule has 196 valence electrons. The van der Waals surface area contributed by atoms with Gasteiger partial charge in [0.25, 0.3) is 5.56 Å². The Morgan fingerprint density at radius 1 is 1.05 bits per heavy atom. The number of carbonyl (C=O) groups is 1. The number of hydrogen-bond acceptors (Lipinski definition) is 5. The fourth-order valence-corrected chi connectivity index (χ4v) is 5.35. The van der Waals surface area contributed by atoms with Gasteiger partial charge in [-0.2, -0.15) is 4.31 Å². The zero-order chi connectivity index (χ0) is 27.4. The Morgan fingerprint density at radius 3 is 2.45 bits per heavy atom. The van der Waals surface area contributed by atoms with Gasteiger partial charge in [-0.05, 0) is 50.2 Å². The number of aryl methyl sites for hydroxylation is 2. The van der Waals surface area contributed by atoms with Crippen LogP contribution < -0.4 is 10.9 Å². The average molecular weight is 555 g/mol. The van der Waals surface area contributed by atoms with Crippen LogP contribution in [0.25, 0.3) is 11.4 Å². The molecule has 0 bridgehead atoms. The number of benzene rings is 3. The summed E-state index contributed by atoms with van der Waals surface area (Å²) in [5.41, 5.74) is 1.93. The van der Waals surface area contributed by atoms with Gasteiger partial charge in [0.05, 0.1) is 11.4 Å². The second kappa shape index (κ2) is 11.3. The lowest BCUT2D eigenvalue weighted by atomic mass is 10.2. The molecular weight excluding hydrogens is 531 g/mol. The largest absolute Gasteiger partial charge is 0.325 e. The highest BCUT2D eigenvalue weighted by Crippen LogP contribution is 2.25. The SMILES string of the molecule is Cc1ccc(S(=O)(=O)N(CC(=O)Nc2cccc(-c3nc(C)cc(=O)[nH]3)c2)Cc2c(F)cccc2Cl)cc1. The van der Waals surface area contributed by atoms with Crippen LogP contribution in [0.4, 0.5) is 10.1 Å². The number of nitrogens with one attached hydrogen (secondary N) is 2. The molecule has 0 unspecified atom stereocenters. The molecule has 1 heterocycles. The summed E-state index contributed by atoms with van der Waals surface area (Å²) in [4.78, 5) is 31.8. The number of nitrogens with zero attached hydrogens (tertiary/aromatic N) is 2. The van der Waals surface area contributed by atoms with E-state index in [0.29, 0.717) is 22.8 Å². The van der Waals surface area contributed by atoms with Crippen LogP contribution in [0.15, 0.2) is 82.5 Å². The molecule has 0 radical (unpaired) electrons. The smallest absolute Gasteiger partial charge is 0.251 e. The van der Waals surface area contributed by atoms with Crippen LogP contribution in [0, 0.1) is 19.7 Å². The second-order valence-electron chi connectivity index (χ2n) is 8.65. The summed E-state index contributed by atoms with van der Waals surface area (Å²) in [6, 6.07) is 18.1. The maximum absolute atomic E-state index is 14.6. The first-order valence-electron chi connectivity index (χ1n) is 11.5. The standard InChI is InChI=1S/C27H24ClFN4O4S/c1-17-9-11-21(12-10-17)38(36,37)33(15-22-23(28)7-4-8-24(22)29)16-26(35)31-20-6-3-5-19(14-20)27-30-18(2)13-25(34)32-27/h3-14H,15-16H2,1-2H3,(H,31,35)(H,30,32,34). The highest BCUT2D eigenvalue weighted by atomic mass is 35.5. The molecule has 8 nitrogen and oxygen atoms in total. The Balaban J connectivity index is 1.62. The van der Waals surface area contributed by atoms with Crippen molar-refractivity contribution in [2.45, 2.75) is 25.3 Å². The van der Waals surface area contributed by atoms with Crippen molar-refractivity contribution in [3.05, 3.63) is 111 Å². The molecule has 1 amide bonds. The van der Waals surface area contributed by atoms with E-state index in [9.17, 15) is 22.4 Å². The van der Waals surface area contributed by atoms with Gasteiger partial charge in [0.15, 0.2) is 0 Å². The lowest BCUT2D eigenvalue weighted by Crippen LogP contribution is -2.38. The number of sulfonamides is 1. The van der Waals surface area contributed by atoms with Crippen molar-refractivity contribution in [3.63, 3.8) is 0 Å². The molecule has 1 aromatic heterocycles. The molecule has 11 heteroatoms. The van der Waals surface area contributed by atoms with Crippen molar-refractivity contribution in [1.82, 2.24) is 14.3 Å². The zero-order valence-corrected chi connectivity index (χ0v) is 22.1. The van der Waals surface area contributed by atoms with E-state index in [1.807, 2.05) is 6.92 Å². The Hall–Kier alpha value is -3.86. The quantitative estimate of drug-likeness (QED) is 0.328. The Kier molecular flexibility index (Phi) is 8.05. The summed E-state index contributed by atoms with van der Waals surface area (Å²) in [5, 5.41) is 2.71. The number of halogens is 2. The maximum atomic E-state index is 14.6. The van der Waals surface area contributed by atoms with E-state index in [0.717, 1.165) is 9.87 Å². The minimum atomic E-state index is -4.20. The van der Waals surface area contributed by atoms with Crippen molar-refractivity contribution < 1.29 is 17.6 Å². The van der Waals surface area contributed by atoms with Gasteiger partial charge < -0.3 is 10.3 Å². The number of aromatic amines is 1. The molecule has 0 aliphatic rings. The van der Waals surface area contributed by atoms with Crippen molar-refractivity contribution >= 4 is 33.2 Å². The molecular formula is C27H24ClFN4O4S. The first-order chi connectivity index (χ1) is 18.0. The Morgan fingerprint density at radius 2 is 1.76 bits per heavy atom. The minimum Gasteiger partial charge on any atom is -0.325 e. The molecule has 0 saturated carbocycles. The predicted octanol–water partition coefficient (Wildman–Crippen LogP) is 4.68. The summed E-state index contributed by atoms with van der Waals surface area (Å²) in [5.74, 6) is -1.02. The molecule has 0 fully saturated rings. The summed E-state index contributed by atoms with van der Waals surface area (Å²) in [6.07, 6.45) is 0. The number of anilines is 1. The molecule has 4 rings (SSSR count). The van der Waals surface area contributed by atoms with E-state index >= 15 is 0 Å². The van der Waals surface area contributed by atoms with Crippen LogP contribution in [0.3, 0.4) is 0 Å². The Labute approximate surface area is 224 Å². The topological polar surface area (TPSA) is 112 Å². The van der Waals surface area contributed by atoms with Crippen LogP contribution in [-0.2, 0) is 21.4 Å². The van der Waals surface area contributed by atoms with E-state index in [1.54, 1.807) is 43.3 Å². The second-order valence-corrected chi connectivity index (χ2v) is 11.0. The molecule has 0 aliphatic heterocycles. The van der Waals surface area contributed by atoms with Crippen LogP contribution in [0.5, 0.6) is 0 Å². The van der Waals surface area contributed by atoms with Crippen molar-refractivity contribution in [2.75, 3.05) is 11.9 Å². The third-order valence-electron chi connectivity index (χ3n) is 5.66. The predicted molar refractivity (Wildman–Crippen MR) is 144 cm³/mol. The molecule has 0 spiro atoms. The van der Waals surface area contributed by atoms with Crippen LogP contribution in [0.1, 0.15) is 16.8 Å². The maximum Gasteiger partial charge on any atom is 0.251 e. The fraction of sp³-hybridized carbons (Fsp3) is 0.148. The summed E-state index contributed by atoms with van der Waals surface area (Å²) in [6.45, 7) is 2.44. The molecule has 4 aromatic rings. The van der Waals surface area contributed by atoms with Crippen LogP contribution >= 0.6 is 11.6 Å². The number of carbonyl (C=O) groups excluding carboxylic acids is 1. The highest BCUT2D eigenvalue weighted by molar-refractivity contribution is 7.89. The fourth-order valence-electron chi connectivity index (χ4n) is 3.77. The van der Waals surface area contributed by atoms with Gasteiger partial charge in [0.1, 0.15) is 11.6 Å². The first kappa shape index (κ1) is 27.2. The normalized spacial score (nSPS) is 11.5. The summed E-state index contributed by atoms with van der Waals surface area (Å²) in [7, 11) is -4.20. The van der Waals surface area contributed by atoms with E-state index in [2.05, 4.69) is 15.3 Å². The van der Waals surface area contributed by atoms with E-state index in [-0.39, 0.29) is 21.0 Å². The van der Waals surface area contributed by atoms with Gasteiger partial charge in [-0.15, -0.1) is 0 Å². The number of H-pyrrole nitrogens is 1. The van der Waals surface area contributed by atoms with Crippen molar-refractivity contribution in [3.8, 4) is 11.4 Å². The third-order valence-corrected chi connectivity index (χ3v) is 7.82. The monoisotopic (exact) mass is 554 g/mol. The summed E-state index contributed by atoms with van der Waals surface area (Å²) < 4.78 is 42.4. The van der Waals surface area contributed by atoms with Crippen molar-refractivity contribution in [2.24, 2.45) is 0 Å². The number of aromatic nitrogens is 2. The van der Waals surface area contributed by atoms with E-state index in [4.69, 9.17) is 11.6 Å². The average Bonchev–Trinajstić information content (AvgIpc) is 2.85. The van der Waals surface area contributed by atoms with E-state index in [1.165, 1.54) is 36.4 Å². The van der Waals surface area contributed by atoms with Crippen LogP contribution in [0.2, 0.25) is 5.02 Å². The number of hydrogen-bond donors (Lipinski definition) is 2. The molecule has 0 aliphatic carbocycles. The van der Waals surface area contributed by atoms with Crippen LogP contribution in [-0.4, -0.2) is 35.1 Å². The van der Waals surface area contributed by atoms with Gasteiger partial charge >= 0.3 is 0 Å². The zero-order valence-electron chi connectivity index (χ0n) is 20.5. The van der Waals surface area contributed by atoms with Gasteiger partial charge in [0.2, 0.25) is 15.9 Å². The van der Waals surface area contributed by atoms with Crippen molar-refractivity contribution in [1.29, 1.82) is 0 Å². The van der Waals surface area contributed by atoms with Gasteiger partial charge in [-0.25, -0.2) is 17.8 Å². The molecule has 38 heavy (non-hydrogen) atoms. The first-order valence-corrected chi connectivity index (χ1v) is 13.3. The lowest BCUT2D eigenvalue weighted by Gasteiger charge is -2.23. The summed E-state index contributed by atoms with van der Waals surface area (Å²) >= 11 is 6.16. The molecule has 3 aromatic carbocycles. The Bertz CT molecular complexity index is 1640. The highest BCUT2D eigenvalue weighted by Gasteiger charge is 2.28. The molecule has 0 saturated heterocycles. The van der Waals surface area contributed by atoms with Gasteiger partial charge in [-0.3, -0.25) is 9.59 Å². The third kappa shape index (κ3) is 6.34. The number of rotatable bonds is 8. The molecule has 2 N–H and O–H groups in total. The number of amides is 1. The van der Waals surface area contributed by atoms with Gasteiger partial charge in [0, 0.05) is 40.1 Å². The molecule has 0 atom stereocenters. The van der Waals surface area contributed by atoms with Gasteiger partial charge in [-0.1, -0.05) is 47.5 Å². The minimum absolute atomic E-state index is 0.0418. The van der Waals surface area contributed by atoms with E-state index < -0.39 is 34.8 Å².